The van der Waals surface area contributed by atoms with Gasteiger partial charge < -0.3 is 19.3 Å². The minimum absolute atomic E-state index is 0.108. The lowest BCUT2D eigenvalue weighted by Gasteiger charge is -2.49. The SMILES string of the molecule is CCCCN1C(=O)[C@@H](C(C)(C)C)N(Cc2ccc(OC)cc2)C(=O)[C@@H]1CC(=O)OCC. The lowest BCUT2D eigenvalue weighted by atomic mass is 9.81. The van der Waals surface area contributed by atoms with Gasteiger partial charge in [-0.05, 0) is 36.5 Å². The summed E-state index contributed by atoms with van der Waals surface area (Å²) in [6, 6.07) is 6.00. The van der Waals surface area contributed by atoms with E-state index in [2.05, 4.69) is 0 Å². The molecule has 7 heteroatoms. The van der Waals surface area contributed by atoms with Gasteiger partial charge >= 0.3 is 5.97 Å². The van der Waals surface area contributed by atoms with Crippen LogP contribution in [0.15, 0.2) is 24.3 Å². The van der Waals surface area contributed by atoms with Crippen molar-refractivity contribution in [3.05, 3.63) is 29.8 Å². The highest BCUT2D eigenvalue weighted by molar-refractivity contribution is 5.99. The fraction of sp³-hybridized carbons (Fsp3) is 0.625. The lowest BCUT2D eigenvalue weighted by Crippen LogP contribution is -2.67. The number of methoxy groups -OCH3 is 1. The minimum atomic E-state index is -0.838. The molecule has 1 aromatic carbocycles. The fourth-order valence-electron chi connectivity index (χ4n) is 4.00. The van der Waals surface area contributed by atoms with Crippen LogP contribution in [0.2, 0.25) is 0 Å². The van der Waals surface area contributed by atoms with Crippen LogP contribution in [0.4, 0.5) is 0 Å². The maximum absolute atomic E-state index is 13.7. The summed E-state index contributed by atoms with van der Waals surface area (Å²) in [6.45, 7) is 10.6. The van der Waals surface area contributed by atoms with Crippen LogP contribution in [0.3, 0.4) is 0 Å². The van der Waals surface area contributed by atoms with E-state index in [-0.39, 0.29) is 31.4 Å². The Kier molecular flexibility index (Phi) is 8.48. The molecule has 2 amide bonds. The van der Waals surface area contributed by atoms with Crippen molar-refractivity contribution in [1.29, 1.82) is 0 Å². The third-order valence-electron chi connectivity index (χ3n) is 5.52. The van der Waals surface area contributed by atoms with Crippen LogP contribution in [0.1, 0.15) is 59.4 Å². The molecule has 0 N–H and O–H groups in total. The second-order valence-electron chi connectivity index (χ2n) is 8.99. The van der Waals surface area contributed by atoms with Crippen LogP contribution >= 0.6 is 0 Å². The van der Waals surface area contributed by atoms with Gasteiger partial charge in [0.15, 0.2) is 0 Å². The van der Waals surface area contributed by atoms with Gasteiger partial charge in [-0.2, -0.15) is 0 Å². The summed E-state index contributed by atoms with van der Waals surface area (Å²) in [5.74, 6) is -0.0558. The van der Waals surface area contributed by atoms with Crippen LogP contribution in [0.5, 0.6) is 5.75 Å². The number of piperazine rings is 1. The summed E-state index contributed by atoms with van der Waals surface area (Å²) < 4.78 is 10.3. The van der Waals surface area contributed by atoms with E-state index >= 15 is 0 Å². The molecule has 172 valence electrons. The first-order valence-corrected chi connectivity index (χ1v) is 11.0. The smallest absolute Gasteiger partial charge is 0.308 e. The quantitative estimate of drug-likeness (QED) is 0.559. The van der Waals surface area contributed by atoms with E-state index in [4.69, 9.17) is 9.47 Å². The standard InChI is InChI=1S/C24H36N2O5/c1-7-9-14-25-19(15-20(27)31-8-2)22(28)26(21(23(25)29)24(3,4)5)16-17-10-12-18(30-6)13-11-17/h10-13,19,21H,7-9,14-16H2,1-6H3/t19-,21-/m0/s1. The van der Waals surface area contributed by atoms with Crippen LogP contribution in [0.25, 0.3) is 0 Å². The van der Waals surface area contributed by atoms with Crippen molar-refractivity contribution < 1.29 is 23.9 Å². The third kappa shape index (κ3) is 5.99. The van der Waals surface area contributed by atoms with E-state index in [1.54, 1.807) is 23.8 Å². The van der Waals surface area contributed by atoms with Gasteiger partial charge in [0.2, 0.25) is 11.8 Å². The highest BCUT2D eigenvalue weighted by Crippen LogP contribution is 2.34. The predicted molar refractivity (Wildman–Crippen MR) is 118 cm³/mol. The Morgan fingerprint density at radius 2 is 1.68 bits per heavy atom. The van der Waals surface area contributed by atoms with Gasteiger partial charge in [-0.1, -0.05) is 46.2 Å². The van der Waals surface area contributed by atoms with E-state index in [1.807, 2.05) is 52.0 Å². The molecule has 1 aliphatic heterocycles. The van der Waals surface area contributed by atoms with Crippen molar-refractivity contribution in [2.45, 2.75) is 72.5 Å². The monoisotopic (exact) mass is 432 g/mol. The molecule has 7 nitrogen and oxygen atoms in total. The number of nitrogens with zero attached hydrogens (tertiary/aromatic N) is 2. The maximum Gasteiger partial charge on any atom is 0.308 e. The van der Waals surface area contributed by atoms with E-state index in [1.165, 1.54) is 0 Å². The Morgan fingerprint density at radius 3 is 2.19 bits per heavy atom. The summed E-state index contributed by atoms with van der Waals surface area (Å²) in [7, 11) is 1.60. The van der Waals surface area contributed by atoms with Crippen LogP contribution in [0, 0.1) is 5.41 Å². The maximum atomic E-state index is 13.7. The van der Waals surface area contributed by atoms with Gasteiger partial charge in [0, 0.05) is 13.1 Å². The van der Waals surface area contributed by atoms with Crippen LogP contribution in [-0.4, -0.2) is 59.9 Å². The summed E-state index contributed by atoms with van der Waals surface area (Å²) in [4.78, 5) is 42.8. The molecular weight excluding hydrogens is 396 g/mol. The van der Waals surface area contributed by atoms with Crippen LogP contribution < -0.4 is 4.74 Å². The summed E-state index contributed by atoms with van der Waals surface area (Å²) in [6.07, 6.45) is 1.53. The first-order valence-electron chi connectivity index (χ1n) is 11.0. The molecule has 2 atom stereocenters. The van der Waals surface area contributed by atoms with E-state index in [0.29, 0.717) is 6.54 Å². The summed E-state index contributed by atoms with van der Waals surface area (Å²) in [5, 5.41) is 0. The molecule has 0 aliphatic carbocycles. The normalized spacial score (nSPS) is 19.5. The van der Waals surface area contributed by atoms with Gasteiger partial charge in [0.25, 0.3) is 0 Å². The van der Waals surface area contributed by atoms with Crippen LogP contribution in [-0.2, 0) is 25.7 Å². The number of carbonyl (C=O) groups is 3. The molecule has 0 radical (unpaired) electrons. The number of hydrogen-bond donors (Lipinski definition) is 0. The molecule has 2 rings (SSSR count). The van der Waals surface area contributed by atoms with Gasteiger partial charge in [0.05, 0.1) is 20.1 Å². The zero-order chi connectivity index (χ0) is 23.2. The molecule has 1 heterocycles. The van der Waals surface area contributed by atoms with Crippen molar-refractivity contribution in [3.63, 3.8) is 0 Å². The second kappa shape index (κ2) is 10.6. The zero-order valence-corrected chi connectivity index (χ0v) is 19.6. The van der Waals surface area contributed by atoms with Crippen molar-refractivity contribution in [1.82, 2.24) is 9.80 Å². The lowest BCUT2D eigenvalue weighted by molar-refractivity contribution is -0.170. The highest BCUT2D eigenvalue weighted by atomic mass is 16.5. The second-order valence-corrected chi connectivity index (χ2v) is 8.99. The number of carbonyl (C=O) groups excluding carboxylic acids is 3. The van der Waals surface area contributed by atoms with Gasteiger partial charge in [-0.25, -0.2) is 0 Å². The predicted octanol–water partition coefficient (Wildman–Crippen LogP) is 3.40. The van der Waals surface area contributed by atoms with Gasteiger partial charge in [-0.15, -0.1) is 0 Å². The highest BCUT2D eigenvalue weighted by Gasteiger charge is 2.50. The fourth-order valence-corrected chi connectivity index (χ4v) is 4.00. The number of ether oxygens (including phenoxy) is 2. The molecule has 0 unspecified atom stereocenters. The zero-order valence-electron chi connectivity index (χ0n) is 19.6. The molecule has 0 spiro atoms. The number of hydrogen-bond acceptors (Lipinski definition) is 5. The van der Waals surface area contributed by atoms with E-state index < -0.39 is 23.5 Å². The number of rotatable bonds is 9. The van der Waals surface area contributed by atoms with Crippen molar-refractivity contribution in [2.75, 3.05) is 20.3 Å². The molecule has 1 saturated heterocycles. The molecule has 0 saturated carbocycles. The van der Waals surface area contributed by atoms with E-state index in [0.717, 1.165) is 24.2 Å². The molecule has 1 aromatic rings. The Bertz CT molecular complexity index is 769. The molecule has 31 heavy (non-hydrogen) atoms. The first-order chi connectivity index (χ1) is 14.6. The topological polar surface area (TPSA) is 76.2 Å². The first kappa shape index (κ1) is 24.7. The van der Waals surface area contributed by atoms with Gasteiger partial charge in [0.1, 0.15) is 17.8 Å². The van der Waals surface area contributed by atoms with Crippen molar-refractivity contribution in [2.24, 2.45) is 5.41 Å². The molecule has 1 aliphatic rings. The number of unbranched alkanes of at least 4 members (excludes halogenated alkanes) is 1. The minimum Gasteiger partial charge on any atom is -0.497 e. The summed E-state index contributed by atoms with van der Waals surface area (Å²) >= 11 is 0. The van der Waals surface area contributed by atoms with E-state index in [9.17, 15) is 14.4 Å². The molecular formula is C24H36N2O5. The number of esters is 1. The number of benzene rings is 1. The third-order valence-corrected chi connectivity index (χ3v) is 5.52. The largest absolute Gasteiger partial charge is 0.497 e. The van der Waals surface area contributed by atoms with Gasteiger partial charge in [-0.3, -0.25) is 14.4 Å². The average Bonchev–Trinajstić information content (AvgIpc) is 2.71. The summed E-state index contributed by atoms with van der Waals surface area (Å²) in [5.41, 5.74) is 0.437. The average molecular weight is 433 g/mol. The Morgan fingerprint density at radius 1 is 1.03 bits per heavy atom. The Hall–Kier alpha value is -2.57. The Labute approximate surface area is 185 Å². The molecule has 0 bridgehead atoms. The number of amides is 2. The Balaban J connectivity index is 2.42. The molecule has 1 fully saturated rings. The van der Waals surface area contributed by atoms with Crippen molar-refractivity contribution in [3.8, 4) is 5.75 Å². The van der Waals surface area contributed by atoms with Crippen molar-refractivity contribution >= 4 is 17.8 Å². The molecule has 0 aromatic heterocycles.